The minimum atomic E-state index is -0.659. The Balaban J connectivity index is 1.96. The van der Waals surface area contributed by atoms with Gasteiger partial charge in [0.1, 0.15) is 5.75 Å². The first-order valence-corrected chi connectivity index (χ1v) is 7.87. The highest BCUT2D eigenvalue weighted by Crippen LogP contribution is 2.27. The maximum Gasteiger partial charge on any atom is 0.265 e. The number of carbonyl (C=O) groups excluding carboxylic acids is 1. The minimum Gasteiger partial charge on any atom is -0.493 e. The summed E-state index contributed by atoms with van der Waals surface area (Å²) in [7, 11) is 1.56. The lowest BCUT2D eigenvalue weighted by Crippen LogP contribution is -2.30. The van der Waals surface area contributed by atoms with Crippen molar-refractivity contribution in [3.63, 3.8) is 0 Å². The Morgan fingerprint density at radius 2 is 1.54 bits per heavy atom. The first-order valence-electron chi connectivity index (χ1n) is 7.87. The molecule has 128 valence electrons. The van der Waals surface area contributed by atoms with E-state index in [4.69, 9.17) is 14.2 Å². The lowest BCUT2D eigenvalue weighted by molar-refractivity contribution is -0.122. The Hall–Kier alpha value is -2.69. The molecule has 0 aromatic heterocycles. The van der Waals surface area contributed by atoms with Gasteiger partial charge in [-0.2, -0.15) is 0 Å². The number of hydrogen-bond acceptors (Lipinski definition) is 4. The van der Waals surface area contributed by atoms with Crippen LogP contribution >= 0.6 is 0 Å². The van der Waals surface area contributed by atoms with Crippen molar-refractivity contribution in [2.75, 3.05) is 12.4 Å². The highest BCUT2D eigenvalue weighted by atomic mass is 16.5. The molecule has 0 saturated carbocycles. The molecule has 1 amide bonds. The monoisotopic (exact) mass is 329 g/mol. The van der Waals surface area contributed by atoms with Gasteiger partial charge in [-0.25, -0.2) is 0 Å². The summed E-state index contributed by atoms with van der Waals surface area (Å²) < 4.78 is 16.5. The van der Waals surface area contributed by atoms with Gasteiger partial charge in [0, 0.05) is 5.69 Å². The van der Waals surface area contributed by atoms with E-state index in [0.717, 1.165) is 5.75 Å². The summed E-state index contributed by atoms with van der Waals surface area (Å²) in [6.45, 7) is 5.62. The highest BCUT2D eigenvalue weighted by molar-refractivity contribution is 5.94. The summed E-state index contributed by atoms with van der Waals surface area (Å²) in [4.78, 5) is 12.3. The van der Waals surface area contributed by atoms with Crippen LogP contribution in [-0.4, -0.2) is 25.2 Å². The van der Waals surface area contributed by atoms with Crippen LogP contribution in [0, 0.1) is 0 Å². The second-order valence-electron chi connectivity index (χ2n) is 5.59. The van der Waals surface area contributed by atoms with E-state index in [-0.39, 0.29) is 12.0 Å². The number of amides is 1. The Kier molecular flexibility index (Phi) is 6.07. The van der Waals surface area contributed by atoms with Gasteiger partial charge in [0.2, 0.25) is 0 Å². The summed E-state index contributed by atoms with van der Waals surface area (Å²) >= 11 is 0. The van der Waals surface area contributed by atoms with E-state index < -0.39 is 6.10 Å². The third-order valence-electron chi connectivity index (χ3n) is 3.24. The molecule has 2 aromatic carbocycles. The third-order valence-corrected chi connectivity index (χ3v) is 3.24. The summed E-state index contributed by atoms with van der Waals surface area (Å²) in [5.41, 5.74) is 0.687. The molecule has 0 aliphatic rings. The van der Waals surface area contributed by atoms with Gasteiger partial charge in [0.05, 0.1) is 13.2 Å². The molecule has 1 N–H and O–H groups in total. The number of nitrogens with one attached hydrogen (secondary N) is 1. The van der Waals surface area contributed by atoms with Gasteiger partial charge in [-0.1, -0.05) is 12.1 Å². The minimum absolute atomic E-state index is 0.111. The Morgan fingerprint density at radius 1 is 0.917 bits per heavy atom. The van der Waals surface area contributed by atoms with E-state index in [1.165, 1.54) is 0 Å². The topological polar surface area (TPSA) is 56.8 Å². The first-order chi connectivity index (χ1) is 11.5. The molecule has 2 aromatic rings. The average Bonchev–Trinajstić information content (AvgIpc) is 2.56. The molecular formula is C19H23NO4. The quantitative estimate of drug-likeness (QED) is 0.837. The van der Waals surface area contributed by atoms with Crippen molar-refractivity contribution in [2.24, 2.45) is 0 Å². The maximum atomic E-state index is 12.3. The van der Waals surface area contributed by atoms with Crippen LogP contribution in [0.1, 0.15) is 20.8 Å². The average molecular weight is 329 g/mol. The Bertz CT molecular complexity index is 667. The molecular weight excluding hydrogens is 306 g/mol. The number of anilines is 1. The van der Waals surface area contributed by atoms with Gasteiger partial charge in [0.15, 0.2) is 17.6 Å². The molecule has 5 nitrogen and oxygen atoms in total. The van der Waals surface area contributed by atoms with Gasteiger partial charge in [0.25, 0.3) is 5.91 Å². The number of hydrogen-bond donors (Lipinski definition) is 1. The molecule has 0 heterocycles. The van der Waals surface area contributed by atoms with E-state index in [0.29, 0.717) is 17.2 Å². The van der Waals surface area contributed by atoms with Crippen LogP contribution in [0.3, 0.4) is 0 Å². The summed E-state index contributed by atoms with van der Waals surface area (Å²) in [5.74, 6) is 1.65. The predicted molar refractivity (Wildman–Crippen MR) is 93.9 cm³/mol. The highest BCUT2D eigenvalue weighted by Gasteiger charge is 2.16. The molecule has 0 bridgehead atoms. The fourth-order valence-corrected chi connectivity index (χ4v) is 2.09. The lowest BCUT2D eigenvalue weighted by atomic mass is 10.2. The number of methoxy groups -OCH3 is 1. The SMILES string of the molecule is COc1ccccc1OC(C)C(=O)Nc1ccc(OC(C)C)cc1. The second kappa shape index (κ2) is 8.24. The van der Waals surface area contributed by atoms with E-state index in [1.807, 2.05) is 38.1 Å². The molecule has 0 fully saturated rings. The first kappa shape index (κ1) is 17.7. The van der Waals surface area contributed by atoms with Crippen molar-refractivity contribution in [3.05, 3.63) is 48.5 Å². The van der Waals surface area contributed by atoms with Gasteiger partial charge < -0.3 is 19.5 Å². The van der Waals surface area contributed by atoms with Crippen molar-refractivity contribution in [1.82, 2.24) is 0 Å². The molecule has 0 saturated heterocycles. The molecule has 2 rings (SSSR count). The van der Waals surface area contributed by atoms with Crippen LogP contribution in [0.25, 0.3) is 0 Å². The van der Waals surface area contributed by atoms with Crippen LogP contribution in [0.4, 0.5) is 5.69 Å². The number of para-hydroxylation sites is 2. The lowest BCUT2D eigenvalue weighted by Gasteiger charge is -2.17. The molecule has 0 aliphatic heterocycles. The number of ether oxygens (including phenoxy) is 3. The predicted octanol–water partition coefficient (Wildman–Crippen LogP) is 3.89. The van der Waals surface area contributed by atoms with Crippen LogP contribution < -0.4 is 19.5 Å². The van der Waals surface area contributed by atoms with Gasteiger partial charge >= 0.3 is 0 Å². The fourth-order valence-electron chi connectivity index (χ4n) is 2.09. The number of rotatable bonds is 7. The van der Waals surface area contributed by atoms with Crippen LogP contribution in [-0.2, 0) is 4.79 Å². The van der Waals surface area contributed by atoms with E-state index in [2.05, 4.69) is 5.32 Å². The molecule has 0 radical (unpaired) electrons. The number of carbonyl (C=O) groups is 1. The van der Waals surface area contributed by atoms with E-state index in [1.54, 1.807) is 38.3 Å². The van der Waals surface area contributed by atoms with E-state index in [9.17, 15) is 4.79 Å². The maximum absolute atomic E-state index is 12.3. The van der Waals surface area contributed by atoms with Gasteiger partial charge in [-0.05, 0) is 57.2 Å². The third kappa shape index (κ3) is 4.91. The van der Waals surface area contributed by atoms with Crippen molar-refractivity contribution >= 4 is 11.6 Å². The Morgan fingerprint density at radius 3 is 2.12 bits per heavy atom. The van der Waals surface area contributed by atoms with Crippen LogP contribution in [0.5, 0.6) is 17.2 Å². The zero-order chi connectivity index (χ0) is 17.5. The van der Waals surface area contributed by atoms with Crippen LogP contribution in [0.15, 0.2) is 48.5 Å². The number of benzene rings is 2. The van der Waals surface area contributed by atoms with Gasteiger partial charge in [-0.3, -0.25) is 4.79 Å². The smallest absolute Gasteiger partial charge is 0.265 e. The summed E-state index contributed by atoms with van der Waals surface area (Å²) in [6.07, 6.45) is -0.549. The summed E-state index contributed by atoms with van der Waals surface area (Å²) in [6, 6.07) is 14.5. The van der Waals surface area contributed by atoms with Gasteiger partial charge in [-0.15, -0.1) is 0 Å². The zero-order valence-corrected chi connectivity index (χ0v) is 14.4. The zero-order valence-electron chi connectivity index (χ0n) is 14.4. The summed E-state index contributed by atoms with van der Waals surface area (Å²) in [5, 5.41) is 2.82. The molecule has 0 aliphatic carbocycles. The molecule has 0 spiro atoms. The van der Waals surface area contributed by atoms with Crippen molar-refractivity contribution in [2.45, 2.75) is 33.0 Å². The second-order valence-corrected chi connectivity index (χ2v) is 5.59. The fraction of sp³-hybridized carbons (Fsp3) is 0.316. The standard InChI is InChI=1S/C19H23NO4/c1-13(2)23-16-11-9-15(10-12-16)20-19(21)14(3)24-18-8-6-5-7-17(18)22-4/h5-14H,1-4H3,(H,20,21). The van der Waals surface area contributed by atoms with Crippen molar-refractivity contribution in [3.8, 4) is 17.2 Å². The Labute approximate surface area is 142 Å². The molecule has 1 unspecified atom stereocenters. The van der Waals surface area contributed by atoms with Crippen LogP contribution in [0.2, 0.25) is 0 Å². The largest absolute Gasteiger partial charge is 0.493 e. The van der Waals surface area contributed by atoms with Crippen molar-refractivity contribution in [1.29, 1.82) is 0 Å². The molecule has 5 heteroatoms. The normalized spacial score (nSPS) is 11.7. The van der Waals surface area contributed by atoms with E-state index >= 15 is 0 Å². The molecule has 1 atom stereocenters. The molecule has 24 heavy (non-hydrogen) atoms. The van der Waals surface area contributed by atoms with Crippen molar-refractivity contribution < 1.29 is 19.0 Å².